The Hall–Kier alpha value is -7.92. The fourth-order valence-electron chi connectivity index (χ4n) is 4.32. The summed E-state index contributed by atoms with van der Waals surface area (Å²) in [6.07, 6.45) is -0.771. The Bertz CT molecular complexity index is 2020. The maximum atomic E-state index is 11.6. The van der Waals surface area contributed by atoms with Crippen molar-refractivity contribution in [3.8, 4) is 0 Å². The summed E-state index contributed by atoms with van der Waals surface area (Å²) in [4.78, 5) is 105. The zero-order valence-corrected chi connectivity index (χ0v) is 44.5. The van der Waals surface area contributed by atoms with Crippen LogP contribution in [0.1, 0.15) is 112 Å². The minimum absolute atomic E-state index is 0. The quantitative estimate of drug-likeness (QED) is 0.0284. The summed E-state index contributed by atoms with van der Waals surface area (Å²) in [7, 11) is 0. The molecule has 0 saturated heterocycles. The van der Waals surface area contributed by atoms with Crippen LogP contribution in [0.15, 0.2) is 91.0 Å². The van der Waals surface area contributed by atoms with E-state index in [-0.39, 0.29) is 102 Å². The molecule has 27 heteroatoms. The molecule has 4 atom stereocenters. The molecule has 3 aromatic carbocycles. The lowest BCUT2D eigenvalue weighted by molar-refractivity contribution is -0.148. The van der Waals surface area contributed by atoms with Gasteiger partial charge >= 0.3 is 47.8 Å². The molecule has 0 spiro atoms. The predicted octanol–water partition coefficient (Wildman–Crippen LogP) is 2.68. The molecule has 0 radical (unpaired) electrons. The van der Waals surface area contributed by atoms with E-state index in [9.17, 15) is 47.9 Å². The number of aliphatic carboxylic acids is 5. The van der Waals surface area contributed by atoms with Crippen molar-refractivity contribution in [2.24, 2.45) is 22.9 Å². The Morgan fingerprint density at radius 1 is 0.462 bits per heavy atom. The van der Waals surface area contributed by atoms with Crippen LogP contribution in [-0.4, -0.2) is 133 Å². The summed E-state index contributed by atoms with van der Waals surface area (Å²) in [5, 5.41) is 42.0. The highest BCUT2D eigenvalue weighted by Gasteiger charge is 2.19. The van der Waals surface area contributed by atoms with E-state index in [0.717, 1.165) is 16.7 Å². The molecule has 0 aliphatic carbocycles. The van der Waals surface area contributed by atoms with Crippen molar-refractivity contribution in [1.29, 1.82) is 0 Å². The van der Waals surface area contributed by atoms with Crippen molar-refractivity contribution in [1.82, 2.24) is 6.15 Å². The first-order valence-corrected chi connectivity index (χ1v) is 22.7. The van der Waals surface area contributed by atoms with E-state index >= 15 is 0 Å². The minimum atomic E-state index is -1.21. The normalized spacial score (nSPS) is 11.9. The molecular weight excluding hydrogens is 1030 g/mol. The number of rotatable bonds is 28. The molecule has 3 aromatic rings. The third kappa shape index (κ3) is 54.3. The van der Waals surface area contributed by atoms with E-state index in [4.69, 9.17) is 45.4 Å². The van der Waals surface area contributed by atoms with Crippen LogP contribution in [0, 0.1) is 0 Å². The van der Waals surface area contributed by atoms with Crippen LogP contribution < -0.4 is 29.1 Å². The second kappa shape index (κ2) is 47.5. The Labute approximate surface area is 461 Å². The summed E-state index contributed by atoms with van der Waals surface area (Å²) in [5.74, 6) is -7.14. The molecule has 0 aliphatic heterocycles. The molecule has 20 N–H and O–H groups in total. The van der Waals surface area contributed by atoms with E-state index in [1.807, 2.05) is 150 Å². The number of hydrogen-bond donors (Lipinski definition) is 10. The molecule has 0 aromatic heterocycles. The minimum Gasteiger partial charge on any atom is -1.00 e. The zero-order chi connectivity index (χ0) is 60.8. The van der Waals surface area contributed by atoms with Crippen molar-refractivity contribution in [2.45, 2.75) is 148 Å². The number of ether oxygens (including phenoxy) is 5. The van der Waals surface area contributed by atoms with E-state index in [0.29, 0.717) is 12.9 Å². The van der Waals surface area contributed by atoms with Crippen LogP contribution in [0.5, 0.6) is 0 Å². The first-order valence-electron chi connectivity index (χ1n) is 24.7. The second-order valence-corrected chi connectivity index (χ2v) is 17.2. The SMILES string of the molecule is CC(C)(C)OC=O.CC(C)(C)OC=O.N.O.O.[2H]N[C@@H](CCC(=O)O)C(=O)O.[2H]N[C@@H](CCC(=O)O)C(=O)OCc1ccccc1.[2H]N[C@@H](CCC(=O)O)C(=O)OCc1ccccc1.[2H]N[C@@H](CCC(=O)O)C(=O)OCc1ccccc1.[H-].[H-]. The number of carbonyl (C=O) groups excluding carboxylic acids is 5. The van der Waals surface area contributed by atoms with Crippen LogP contribution in [-0.2, 0) is 91.5 Å². The van der Waals surface area contributed by atoms with Gasteiger partial charge in [0.25, 0.3) is 12.9 Å². The third-order valence-electron chi connectivity index (χ3n) is 8.21. The van der Waals surface area contributed by atoms with Crippen molar-refractivity contribution in [3.05, 3.63) is 108 Å². The fourth-order valence-corrected chi connectivity index (χ4v) is 4.32. The van der Waals surface area contributed by atoms with Gasteiger partial charge in [-0.3, -0.25) is 47.9 Å². The molecule has 78 heavy (non-hydrogen) atoms. The van der Waals surface area contributed by atoms with Gasteiger partial charge in [0, 0.05) is 25.7 Å². The highest BCUT2D eigenvalue weighted by atomic mass is 16.6. The lowest BCUT2D eigenvalue weighted by Gasteiger charge is -2.14. The number of benzene rings is 3. The van der Waals surface area contributed by atoms with Gasteiger partial charge in [-0.05, 0) is 83.9 Å². The molecule has 0 saturated carbocycles. The third-order valence-corrected chi connectivity index (χ3v) is 8.21. The summed E-state index contributed by atoms with van der Waals surface area (Å²) in [6.45, 7) is 12.2. The van der Waals surface area contributed by atoms with E-state index in [2.05, 4.69) is 9.47 Å². The molecule has 0 heterocycles. The second-order valence-electron chi connectivity index (χ2n) is 17.2. The van der Waals surface area contributed by atoms with Crippen molar-refractivity contribution in [3.63, 3.8) is 0 Å². The van der Waals surface area contributed by atoms with Crippen molar-refractivity contribution in [2.75, 3.05) is 0 Å². The fraction of sp³-hybridized carbons (Fsp3) is 0.451. The molecule has 0 fully saturated rings. The van der Waals surface area contributed by atoms with Gasteiger partial charge < -0.3 is 92.1 Å². The monoisotopic (exact) mass is 1120 g/mol. The largest absolute Gasteiger partial charge is 1.00 e. The van der Waals surface area contributed by atoms with Gasteiger partial charge in [0.15, 0.2) is 0 Å². The number of carboxylic acid groups (broad SMARTS) is 5. The van der Waals surface area contributed by atoms with Gasteiger partial charge in [-0.1, -0.05) is 91.0 Å². The van der Waals surface area contributed by atoms with Gasteiger partial charge in [-0.2, -0.15) is 0 Å². The Kier molecular flexibility index (Phi) is 44.0. The molecule has 0 aliphatic rings. The summed E-state index contributed by atoms with van der Waals surface area (Å²) in [5.41, 5.74) is 9.65. The number of hydrogen-bond acceptors (Lipinski definition) is 20. The number of carbonyl (C=O) groups is 10. The standard InChI is InChI=1S/3C12H15NO4.C5H9NO4.2C5H10O2.H3N.2H2O.2H/c3*13-10(6-7-11(14)15)12(16)17-8-9-4-2-1-3-5-9;6-3(5(9)10)1-2-4(7)8;2*1-5(2,3)7-4-6;;;;;/h3*1-5,10H,6-8,13H2,(H,14,15);3H,1-2,6H2,(H,7,8)(H,9,10);2*4H,1-3H3;1H3;2*1H2;;/q;;;;;;;;;2*-1/t3*10-;3-;;;;;;;/m0000......./s1/i/hD4. The Morgan fingerprint density at radius 2 is 0.679 bits per heavy atom. The topological polar surface area (TPSA) is 520 Å². The van der Waals surface area contributed by atoms with E-state index in [1.54, 1.807) is 5.73 Å². The molecule has 27 nitrogen and oxygen atoms in total. The molecule has 3 rings (SSSR count). The number of carboxylic acids is 5. The molecular formula is C51H83N5O22-2. The van der Waals surface area contributed by atoms with Crippen LogP contribution in [0.3, 0.4) is 0 Å². The maximum absolute atomic E-state index is 11.6. The van der Waals surface area contributed by atoms with Crippen LogP contribution in [0.4, 0.5) is 0 Å². The van der Waals surface area contributed by atoms with Crippen LogP contribution in [0.2, 0.25) is 5.65 Å². The lowest BCUT2D eigenvalue weighted by atomic mass is 10.2. The zero-order valence-electron chi connectivity index (χ0n) is 50.5. The molecule has 0 unspecified atom stereocenters. The Balaban J connectivity index is -0.000000141. The van der Waals surface area contributed by atoms with Gasteiger partial charge in [0.1, 0.15) is 60.8 Å². The number of esters is 3. The van der Waals surface area contributed by atoms with E-state index < -0.39 is 71.9 Å². The molecule has 446 valence electrons. The van der Waals surface area contributed by atoms with Crippen LogP contribution in [0.25, 0.3) is 0 Å². The highest BCUT2D eigenvalue weighted by Crippen LogP contribution is 2.07. The molecule has 0 bridgehead atoms. The van der Waals surface area contributed by atoms with Gasteiger partial charge in [-0.15, -0.1) is 0 Å². The van der Waals surface area contributed by atoms with E-state index in [1.165, 1.54) is 0 Å². The summed E-state index contributed by atoms with van der Waals surface area (Å²) < 4.78 is 51.5. The average molecular weight is 1120 g/mol. The van der Waals surface area contributed by atoms with Crippen molar-refractivity contribution < 1.29 is 117 Å². The lowest BCUT2D eigenvalue weighted by Crippen LogP contribution is -2.32. The van der Waals surface area contributed by atoms with Gasteiger partial charge in [-0.25, -0.2) is 0 Å². The average Bonchev–Trinajstić information content (AvgIpc) is 3.38. The first kappa shape index (κ1) is 72.2. The molecule has 0 amide bonds. The van der Waals surface area contributed by atoms with Crippen molar-refractivity contribution >= 4 is 60.7 Å². The number of nitrogens with two attached hydrogens (primary N) is 4. The maximum Gasteiger partial charge on any atom is 0.323 e. The Morgan fingerprint density at radius 3 is 0.833 bits per heavy atom. The van der Waals surface area contributed by atoms with Gasteiger partial charge in [0.05, 0.1) is 0 Å². The first-order chi connectivity index (χ1) is 37.1. The van der Waals surface area contributed by atoms with Crippen LogP contribution >= 0.6 is 0 Å². The van der Waals surface area contributed by atoms with Gasteiger partial charge in [0.2, 0.25) is 0 Å². The predicted molar refractivity (Wildman–Crippen MR) is 284 cm³/mol. The summed E-state index contributed by atoms with van der Waals surface area (Å²) in [6, 6.07) is 23.6. The summed E-state index contributed by atoms with van der Waals surface area (Å²) >= 11 is 0. The smallest absolute Gasteiger partial charge is 0.323 e. The highest BCUT2D eigenvalue weighted by molar-refractivity contribution is 5.78.